The fourth-order valence-corrected chi connectivity index (χ4v) is 2.35. The van der Waals surface area contributed by atoms with Gasteiger partial charge in [-0.1, -0.05) is 18.2 Å². The number of carbonyl (C=O) groups is 1. The maximum atomic E-state index is 12.2. The summed E-state index contributed by atoms with van der Waals surface area (Å²) in [5, 5.41) is 23.7. The van der Waals surface area contributed by atoms with Crippen molar-refractivity contribution in [2.75, 3.05) is 25.5 Å². The van der Waals surface area contributed by atoms with Crippen LogP contribution in [0.2, 0.25) is 0 Å². The Labute approximate surface area is 146 Å². The summed E-state index contributed by atoms with van der Waals surface area (Å²) in [5.74, 6) is -0.466. The summed E-state index contributed by atoms with van der Waals surface area (Å²) < 4.78 is 0. The number of nitrogens with one attached hydrogen (secondary N) is 1. The Morgan fingerprint density at radius 2 is 1.88 bits per heavy atom. The van der Waals surface area contributed by atoms with Crippen LogP contribution in [-0.2, 0) is 0 Å². The number of carbonyl (C=O) groups excluding carboxylic acids is 1. The summed E-state index contributed by atoms with van der Waals surface area (Å²) in [6.45, 7) is 1.63. The highest BCUT2D eigenvalue weighted by molar-refractivity contribution is 5.95. The lowest BCUT2D eigenvalue weighted by molar-refractivity contribution is -0.385. The lowest BCUT2D eigenvalue weighted by Gasteiger charge is -2.16. The molecule has 132 valence electrons. The molecule has 0 aliphatic heterocycles. The van der Waals surface area contributed by atoms with Crippen LogP contribution in [0.15, 0.2) is 42.5 Å². The third kappa shape index (κ3) is 4.54. The summed E-state index contributed by atoms with van der Waals surface area (Å²) in [5.41, 5.74) is 2.26. The molecule has 2 aromatic carbocycles. The number of aryl methyl sites for hydroxylation is 1. The standard InChI is InChI=1S/C18H21N3O4/c1-12-4-5-14(10-16(12)21(24)25)18(23)19-11-17(22)13-6-8-15(9-7-13)20(2)3/h4-10,17,22H,11H2,1-3H3,(H,19,23). The molecule has 7 heteroatoms. The van der Waals surface area contributed by atoms with Gasteiger partial charge < -0.3 is 15.3 Å². The lowest BCUT2D eigenvalue weighted by Crippen LogP contribution is -2.28. The maximum Gasteiger partial charge on any atom is 0.273 e. The number of hydrogen-bond acceptors (Lipinski definition) is 5. The number of aliphatic hydroxyl groups is 1. The fourth-order valence-electron chi connectivity index (χ4n) is 2.35. The zero-order valence-electron chi connectivity index (χ0n) is 14.4. The summed E-state index contributed by atoms with van der Waals surface area (Å²) in [6.07, 6.45) is -0.861. The van der Waals surface area contributed by atoms with Gasteiger partial charge in [-0.15, -0.1) is 0 Å². The third-order valence-corrected chi connectivity index (χ3v) is 3.92. The van der Waals surface area contributed by atoms with E-state index in [0.29, 0.717) is 11.1 Å². The summed E-state index contributed by atoms with van der Waals surface area (Å²) in [6, 6.07) is 11.6. The van der Waals surface area contributed by atoms with E-state index >= 15 is 0 Å². The molecule has 0 saturated heterocycles. The van der Waals surface area contributed by atoms with Crippen molar-refractivity contribution >= 4 is 17.3 Å². The molecule has 7 nitrogen and oxygen atoms in total. The largest absolute Gasteiger partial charge is 0.387 e. The number of benzene rings is 2. The first-order chi connectivity index (χ1) is 11.8. The molecule has 0 bridgehead atoms. The number of aliphatic hydroxyl groups excluding tert-OH is 1. The first-order valence-electron chi connectivity index (χ1n) is 7.78. The van der Waals surface area contributed by atoms with Gasteiger partial charge in [0.05, 0.1) is 11.0 Å². The predicted octanol–water partition coefficient (Wildman–Crippen LogP) is 2.43. The van der Waals surface area contributed by atoms with Gasteiger partial charge in [-0.25, -0.2) is 0 Å². The van der Waals surface area contributed by atoms with Gasteiger partial charge in [0, 0.05) is 43.5 Å². The zero-order chi connectivity index (χ0) is 18.6. The average molecular weight is 343 g/mol. The van der Waals surface area contributed by atoms with E-state index in [1.54, 1.807) is 19.1 Å². The van der Waals surface area contributed by atoms with Crippen molar-refractivity contribution in [2.45, 2.75) is 13.0 Å². The van der Waals surface area contributed by atoms with E-state index in [4.69, 9.17) is 0 Å². The van der Waals surface area contributed by atoms with Crippen LogP contribution < -0.4 is 10.2 Å². The minimum atomic E-state index is -0.861. The van der Waals surface area contributed by atoms with Crippen LogP contribution in [0.25, 0.3) is 0 Å². The number of hydrogen-bond donors (Lipinski definition) is 2. The van der Waals surface area contributed by atoms with Crippen molar-refractivity contribution in [1.29, 1.82) is 0 Å². The van der Waals surface area contributed by atoms with Gasteiger partial charge in [0.2, 0.25) is 0 Å². The van der Waals surface area contributed by atoms with Crippen molar-refractivity contribution in [3.05, 3.63) is 69.3 Å². The maximum absolute atomic E-state index is 12.2. The highest BCUT2D eigenvalue weighted by Gasteiger charge is 2.16. The van der Waals surface area contributed by atoms with Gasteiger partial charge in [-0.05, 0) is 30.7 Å². The molecule has 2 aromatic rings. The van der Waals surface area contributed by atoms with E-state index in [9.17, 15) is 20.0 Å². The lowest BCUT2D eigenvalue weighted by atomic mass is 10.1. The monoisotopic (exact) mass is 343 g/mol. The molecule has 0 fully saturated rings. The quantitative estimate of drug-likeness (QED) is 0.620. The van der Waals surface area contributed by atoms with Gasteiger partial charge in [0.1, 0.15) is 0 Å². The minimum Gasteiger partial charge on any atom is -0.387 e. The molecule has 0 heterocycles. The molecule has 0 saturated carbocycles. The van der Waals surface area contributed by atoms with Gasteiger partial charge in [-0.2, -0.15) is 0 Å². The van der Waals surface area contributed by atoms with Crippen molar-refractivity contribution in [3.8, 4) is 0 Å². The SMILES string of the molecule is Cc1ccc(C(=O)NCC(O)c2ccc(N(C)C)cc2)cc1[N+](=O)[O-]. The Bertz CT molecular complexity index is 772. The van der Waals surface area contributed by atoms with E-state index < -0.39 is 16.9 Å². The van der Waals surface area contributed by atoms with Gasteiger partial charge in [-0.3, -0.25) is 14.9 Å². The molecule has 2 N–H and O–H groups in total. The predicted molar refractivity (Wildman–Crippen MR) is 95.9 cm³/mol. The average Bonchev–Trinajstić information content (AvgIpc) is 2.59. The molecular weight excluding hydrogens is 322 g/mol. The molecule has 1 atom stereocenters. The van der Waals surface area contributed by atoms with Gasteiger partial charge >= 0.3 is 0 Å². The van der Waals surface area contributed by atoms with Crippen molar-refractivity contribution in [3.63, 3.8) is 0 Å². The number of anilines is 1. The molecule has 1 amide bonds. The topological polar surface area (TPSA) is 95.7 Å². The number of nitrogens with zero attached hydrogens (tertiary/aromatic N) is 2. The summed E-state index contributed by atoms with van der Waals surface area (Å²) >= 11 is 0. The number of amides is 1. The van der Waals surface area contributed by atoms with Crippen LogP contribution in [0.4, 0.5) is 11.4 Å². The Balaban J connectivity index is 2.01. The Kier molecular flexibility index (Phi) is 5.71. The molecule has 0 aliphatic rings. The molecule has 0 radical (unpaired) electrons. The van der Waals surface area contributed by atoms with Crippen LogP contribution in [0, 0.1) is 17.0 Å². The Morgan fingerprint density at radius 1 is 1.24 bits per heavy atom. The Morgan fingerprint density at radius 3 is 2.44 bits per heavy atom. The van der Waals surface area contributed by atoms with Crippen molar-refractivity contribution in [1.82, 2.24) is 5.32 Å². The Hall–Kier alpha value is -2.93. The summed E-state index contributed by atoms with van der Waals surface area (Å²) in [7, 11) is 3.85. The molecule has 1 unspecified atom stereocenters. The normalized spacial score (nSPS) is 11.7. The first-order valence-corrected chi connectivity index (χ1v) is 7.78. The molecule has 0 aliphatic carbocycles. The van der Waals surface area contributed by atoms with Gasteiger partial charge in [0.25, 0.3) is 11.6 Å². The molecule has 25 heavy (non-hydrogen) atoms. The fraction of sp³-hybridized carbons (Fsp3) is 0.278. The summed E-state index contributed by atoms with van der Waals surface area (Å²) in [4.78, 5) is 24.5. The van der Waals surface area contributed by atoms with E-state index in [1.165, 1.54) is 18.2 Å². The highest BCUT2D eigenvalue weighted by Crippen LogP contribution is 2.20. The smallest absolute Gasteiger partial charge is 0.273 e. The van der Waals surface area contributed by atoms with Crippen LogP contribution in [0.1, 0.15) is 27.6 Å². The molecule has 0 aromatic heterocycles. The number of nitro groups is 1. The molecule has 0 spiro atoms. The van der Waals surface area contributed by atoms with Crippen LogP contribution >= 0.6 is 0 Å². The second kappa shape index (κ2) is 7.76. The van der Waals surface area contributed by atoms with Crippen molar-refractivity contribution < 1.29 is 14.8 Å². The second-order valence-electron chi connectivity index (χ2n) is 5.97. The van der Waals surface area contributed by atoms with Crippen molar-refractivity contribution in [2.24, 2.45) is 0 Å². The third-order valence-electron chi connectivity index (χ3n) is 3.92. The molecule has 2 rings (SSSR count). The van der Waals surface area contributed by atoms with E-state index in [0.717, 1.165) is 5.69 Å². The second-order valence-corrected chi connectivity index (χ2v) is 5.97. The van der Waals surface area contributed by atoms with E-state index in [-0.39, 0.29) is 17.8 Å². The number of nitro benzene ring substituents is 1. The zero-order valence-corrected chi connectivity index (χ0v) is 14.4. The van der Waals surface area contributed by atoms with Crippen LogP contribution in [0.5, 0.6) is 0 Å². The molecular formula is C18H21N3O4. The first kappa shape index (κ1) is 18.4. The number of rotatable bonds is 6. The van der Waals surface area contributed by atoms with Gasteiger partial charge in [0.15, 0.2) is 0 Å². The van der Waals surface area contributed by atoms with Crippen LogP contribution in [0.3, 0.4) is 0 Å². The van der Waals surface area contributed by atoms with E-state index in [1.807, 2.05) is 31.1 Å². The highest BCUT2D eigenvalue weighted by atomic mass is 16.6. The van der Waals surface area contributed by atoms with E-state index in [2.05, 4.69) is 5.32 Å². The van der Waals surface area contributed by atoms with Crippen LogP contribution in [-0.4, -0.2) is 36.6 Å². The minimum absolute atomic E-state index is 0.0157.